The van der Waals surface area contributed by atoms with Crippen LogP contribution in [0.25, 0.3) is 12.2 Å². The molecule has 3 amide bonds. The van der Waals surface area contributed by atoms with E-state index in [1.807, 2.05) is 0 Å². The number of aromatic nitrogens is 1. The Kier molecular flexibility index (Phi) is 6.33. The van der Waals surface area contributed by atoms with E-state index < -0.39 is 11.8 Å². The highest BCUT2D eigenvalue weighted by atomic mass is 32.2. The van der Waals surface area contributed by atoms with E-state index in [0.29, 0.717) is 10.5 Å². The highest BCUT2D eigenvalue weighted by Gasteiger charge is 2.34. The fraction of sp³-hybridized carbons (Fsp3) is 0.100. The molecule has 0 radical (unpaired) electrons. The van der Waals surface area contributed by atoms with E-state index in [2.05, 4.69) is 10.3 Å². The average molecular weight is 397 g/mol. The van der Waals surface area contributed by atoms with Crippen molar-refractivity contribution in [1.29, 1.82) is 0 Å². The molecule has 0 spiro atoms. The summed E-state index contributed by atoms with van der Waals surface area (Å²) in [6.45, 7) is 0.180. The van der Waals surface area contributed by atoms with Crippen molar-refractivity contribution in [2.45, 2.75) is 0 Å². The van der Waals surface area contributed by atoms with Crippen LogP contribution in [0.2, 0.25) is 0 Å². The molecule has 3 rings (SSSR count). The first-order valence-corrected chi connectivity index (χ1v) is 9.21. The van der Waals surface area contributed by atoms with E-state index in [-0.39, 0.29) is 24.1 Å². The lowest BCUT2D eigenvalue weighted by molar-refractivity contribution is -0.123. The SMILES string of the molecule is O=C(/C=C/c1cccc(F)c1)NCCN1C(=O)S/C(=C\c2cccnc2)C1=O. The van der Waals surface area contributed by atoms with Gasteiger partial charge in [-0.2, -0.15) is 0 Å². The first-order valence-electron chi connectivity index (χ1n) is 8.40. The van der Waals surface area contributed by atoms with Gasteiger partial charge in [-0.1, -0.05) is 18.2 Å². The number of amides is 3. The summed E-state index contributed by atoms with van der Waals surface area (Å²) in [7, 11) is 0. The molecule has 1 aromatic carbocycles. The molecule has 1 aliphatic heterocycles. The molecule has 0 unspecified atom stereocenters. The Balaban J connectivity index is 1.52. The number of thioether (sulfide) groups is 1. The van der Waals surface area contributed by atoms with Crippen LogP contribution < -0.4 is 5.32 Å². The largest absolute Gasteiger partial charge is 0.351 e. The second kappa shape index (κ2) is 9.09. The molecule has 6 nitrogen and oxygen atoms in total. The number of carbonyl (C=O) groups excluding carboxylic acids is 3. The maximum absolute atomic E-state index is 13.1. The Labute approximate surface area is 165 Å². The number of carbonyl (C=O) groups is 3. The van der Waals surface area contributed by atoms with Crippen molar-refractivity contribution in [2.24, 2.45) is 0 Å². The fourth-order valence-corrected chi connectivity index (χ4v) is 3.30. The van der Waals surface area contributed by atoms with Crippen molar-refractivity contribution in [2.75, 3.05) is 13.1 Å². The van der Waals surface area contributed by atoms with Gasteiger partial charge in [0.05, 0.1) is 4.91 Å². The van der Waals surface area contributed by atoms with Gasteiger partial charge in [-0.05, 0) is 53.2 Å². The lowest BCUT2D eigenvalue weighted by Crippen LogP contribution is -2.36. The normalized spacial score (nSPS) is 15.6. The minimum Gasteiger partial charge on any atom is -0.351 e. The number of pyridine rings is 1. The molecule has 1 N–H and O–H groups in total. The van der Waals surface area contributed by atoms with Crippen LogP contribution in [0.1, 0.15) is 11.1 Å². The van der Waals surface area contributed by atoms with Gasteiger partial charge in [0, 0.05) is 31.6 Å². The van der Waals surface area contributed by atoms with Crippen LogP contribution in [0.15, 0.2) is 59.8 Å². The Bertz CT molecular complexity index is 960. The highest BCUT2D eigenvalue weighted by Crippen LogP contribution is 2.31. The number of benzene rings is 1. The van der Waals surface area contributed by atoms with Gasteiger partial charge in [-0.3, -0.25) is 24.3 Å². The van der Waals surface area contributed by atoms with Gasteiger partial charge < -0.3 is 5.32 Å². The van der Waals surface area contributed by atoms with Crippen LogP contribution >= 0.6 is 11.8 Å². The predicted octanol–water partition coefficient (Wildman–Crippen LogP) is 3.09. The van der Waals surface area contributed by atoms with Gasteiger partial charge in [-0.25, -0.2) is 4.39 Å². The number of nitrogens with one attached hydrogen (secondary N) is 1. The summed E-state index contributed by atoms with van der Waals surface area (Å²) >= 11 is 0.853. The van der Waals surface area contributed by atoms with E-state index in [0.717, 1.165) is 22.2 Å². The van der Waals surface area contributed by atoms with Crippen molar-refractivity contribution < 1.29 is 18.8 Å². The predicted molar refractivity (Wildman–Crippen MR) is 105 cm³/mol. The van der Waals surface area contributed by atoms with E-state index in [9.17, 15) is 18.8 Å². The third-order valence-electron chi connectivity index (χ3n) is 3.77. The fourth-order valence-electron chi connectivity index (χ4n) is 2.44. The summed E-state index contributed by atoms with van der Waals surface area (Å²) in [4.78, 5) is 41.6. The molecule has 1 aromatic heterocycles. The number of nitrogens with zero attached hydrogens (tertiary/aromatic N) is 2. The molecule has 28 heavy (non-hydrogen) atoms. The summed E-state index contributed by atoms with van der Waals surface area (Å²) in [5.41, 5.74) is 1.28. The van der Waals surface area contributed by atoms with Gasteiger partial charge in [0.25, 0.3) is 11.1 Å². The molecule has 0 saturated carbocycles. The van der Waals surface area contributed by atoms with Crippen LogP contribution in [-0.4, -0.2) is 40.0 Å². The molecule has 8 heteroatoms. The Morgan fingerprint density at radius 3 is 2.79 bits per heavy atom. The molecular formula is C20H16FN3O3S. The molecule has 1 saturated heterocycles. The average Bonchev–Trinajstić information content (AvgIpc) is 2.94. The molecule has 0 bridgehead atoms. The van der Waals surface area contributed by atoms with Crippen molar-refractivity contribution in [1.82, 2.24) is 15.2 Å². The first kappa shape index (κ1) is 19.5. The lowest BCUT2D eigenvalue weighted by Gasteiger charge is -2.12. The third kappa shape index (κ3) is 5.14. The molecule has 142 valence electrons. The van der Waals surface area contributed by atoms with E-state index in [1.54, 1.807) is 42.7 Å². The highest BCUT2D eigenvalue weighted by molar-refractivity contribution is 8.18. The Hall–Kier alpha value is -3.26. The zero-order chi connectivity index (χ0) is 19.9. The molecule has 1 fully saturated rings. The lowest BCUT2D eigenvalue weighted by atomic mass is 10.2. The van der Waals surface area contributed by atoms with Gasteiger partial charge in [0.2, 0.25) is 5.91 Å². The summed E-state index contributed by atoms with van der Waals surface area (Å²) in [5.74, 6) is -1.19. The zero-order valence-electron chi connectivity index (χ0n) is 14.7. The number of rotatable bonds is 6. The zero-order valence-corrected chi connectivity index (χ0v) is 15.5. The summed E-state index contributed by atoms with van der Waals surface area (Å²) in [6, 6.07) is 9.36. The number of imide groups is 1. The molecular weight excluding hydrogens is 381 g/mol. The minimum absolute atomic E-state index is 0.0641. The third-order valence-corrected chi connectivity index (χ3v) is 4.67. The molecule has 2 heterocycles. The van der Waals surface area contributed by atoms with E-state index >= 15 is 0 Å². The van der Waals surface area contributed by atoms with Gasteiger partial charge in [0.15, 0.2) is 0 Å². The summed E-state index contributed by atoms with van der Waals surface area (Å²) in [5, 5.41) is 2.21. The summed E-state index contributed by atoms with van der Waals surface area (Å²) in [6.07, 6.45) is 7.58. The smallest absolute Gasteiger partial charge is 0.293 e. The Morgan fingerprint density at radius 2 is 2.04 bits per heavy atom. The summed E-state index contributed by atoms with van der Waals surface area (Å²) < 4.78 is 13.1. The second-order valence-corrected chi connectivity index (χ2v) is 6.79. The molecule has 0 aliphatic carbocycles. The van der Waals surface area contributed by atoms with Crippen LogP contribution in [0.3, 0.4) is 0 Å². The van der Waals surface area contributed by atoms with E-state index in [4.69, 9.17) is 0 Å². The van der Waals surface area contributed by atoms with Crippen molar-refractivity contribution in [3.05, 3.63) is 76.7 Å². The standard InChI is InChI=1S/C20H16FN3O3S/c21-16-5-1-3-14(11-16)6-7-18(25)23-9-10-24-19(26)17(28-20(24)27)12-15-4-2-8-22-13-15/h1-8,11-13H,9-10H2,(H,23,25)/b7-6+,17-12-. The molecule has 1 aliphatic rings. The number of hydrogen-bond donors (Lipinski definition) is 1. The number of hydrogen-bond acceptors (Lipinski definition) is 5. The molecule has 0 atom stereocenters. The van der Waals surface area contributed by atoms with Crippen LogP contribution in [0, 0.1) is 5.82 Å². The second-order valence-electron chi connectivity index (χ2n) is 5.80. The van der Waals surface area contributed by atoms with E-state index in [1.165, 1.54) is 24.3 Å². The molecule has 2 aromatic rings. The van der Waals surface area contributed by atoms with Gasteiger partial charge in [0.1, 0.15) is 5.82 Å². The van der Waals surface area contributed by atoms with Crippen LogP contribution in [0.4, 0.5) is 9.18 Å². The quantitative estimate of drug-likeness (QED) is 0.758. The van der Waals surface area contributed by atoms with Crippen LogP contribution in [-0.2, 0) is 9.59 Å². The number of halogens is 1. The van der Waals surface area contributed by atoms with Gasteiger partial charge >= 0.3 is 0 Å². The van der Waals surface area contributed by atoms with Crippen molar-refractivity contribution >= 4 is 41.0 Å². The van der Waals surface area contributed by atoms with Gasteiger partial charge in [-0.15, -0.1) is 0 Å². The maximum Gasteiger partial charge on any atom is 0.293 e. The Morgan fingerprint density at radius 1 is 1.21 bits per heavy atom. The van der Waals surface area contributed by atoms with Crippen LogP contribution in [0.5, 0.6) is 0 Å². The first-order chi connectivity index (χ1) is 13.5. The minimum atomic E-state index is -0.401. The topological polar surface area (TPSA) is 79.4 Å². The maximum atomic E-state index is 13.1. The van der Waals surface area contributed by atoms with Crippen molar-refractivity contribution in [3.63, 3.8) is 0 Å². The monoisotopic (exact) mass is 397 g/mol. The van der Waals surface area contributed by atoms with Crippen molar-refractivity contribution in [3.8, 4) is 0 Å².